The molecule has 0 bridgehead atoms. The molecule has 6 nitrogen and oxygen atoms in total. The second-order valence-electron chi connectivity index (χ2n) is 6.35. The van der Waals surface area contributed by atoms with Crippen LogP contribution >= 0.6 is 11.8 Å². The van der Waals surface area contributed by atoms with E-state index in [0.717, 1.165) is 6.42 Å². The first-order chi connectivity index (χ1) is 12.5. The van der Waals surface area contributed by atoms with E-state index in [2.05, 4.69) is 17.6 Å². The summed E-state index contributed by atoms with van der Waals surface area (Å²) in [5.41, 5.74) is 1.76. The lowest BCUT2D eigenvalue weighted by Gasteiger charge is -2.23. The summed E-state index contributed by atoms with van der Waals surface area (Å²) in [5, 5.41) is 5.75. The van der Waals surface area contributed by atoms with Crippen molar-refractivity contribution < 1.29 is 14.4 Å². The van der Waals surface area contributed by atoms with Gasteiger partial charge in [-0.25, -0.2) is 0 Å². The summed E-state index contributed by atoms with van der Waals surface area (Å²) in [6.45, 7) is 4.79. The topological polar surface area (TPSA) is 78.5 Å². The van der Waals surface area contributed by atoms with E-state index in [-0.39, 0.29) is 23.8 Å². The Balaban J connectivity index is 2.05. The summed E-state index contributed by atoms with van der Waals surface area (Å²) in [6, 6.07) is 6.74. The molecule has 1 aliphatic heterocycles. The Kier molecular flexibility index (Phi) is 7.50. The highest BCUT2D eigenvalue weighted by Gasteiger charge is 2.39. The van der Waals surface area contributed by atoms with Crippen LogP contribution in [0, 0.1) is 0 Å². The van der Waals surface area contributed by atoms with Gasteiger partial charge in [-0.1, -0.05) is 19.1 Å². The van der Waals surface area contributed by atoms with Gasteiger partial charge in [-0.05, 0) is 43.7 Å². The van der Waals surface area contributed by atoms with Crippen molar-refractivity contribution in [3.8, 4) is 0 Å². The van der Waals surface area contributed by atoms with Gasteiger partial charge < -0.3 is 15.5 Å². The average molecular weight is 378 g/mol. The first-order valence-corrected chi connectivity index (χ1v) is 10.3. The summed E-state index contributed by atoms with van der Waals surface area (Å²) in [6.07, 6.45) is 3.21. The number of hydrogen-bond donors (Lipinski definition) is 2. The van der Waals surface area contributed by atoms with Crippen molar-refractivity contribution in [2.24, 2.45) is 0 Å². The molecule has 2 N–H and O–H groups in total. The fraction of sp³-hybridized carbons (Fsp3) is 0.526. The van der Waals surface area contributed by atoms with Gasteiger partial charge in [-0.2, -0.15) is 11.8 Å². The predicted octanol–water partition coefficient (Wildman–Crippen LogP) is 1.45. The molecule has 2 atom stereocenters. The van der Waals surface area contributed by atoms with Crippen LogP contribution in [-0.2, 0) is 16.0 Å². The van der Waals surface area contributed by atoms with Crippen LogP contribution in [0.4, 0.5) is 0 Å². The van der Waals surface area contributed by atoms with E-state index < -0.39 is 6.04 Å². The lowest BCUT2D eigenvalue weighted by Crippen LogP contribution is -2.46. The van der Waals surface area contributed by atoms with Gasteiger partial charge in [0, 0.05) is 24.7 Å². The third-order valence-electron chi connectivity index (χ3n) is 4.50. The second-order valence-corrected chi connectivity index (χ2v) is 7.21. The van der Waals surface area contributed by atoms with Gasteiger partial charge in [0.05, 0.1) is 5.75 Å². The number of rotatable bonds is 7. The maximum Gasteiger partial charge on any atom is 0.251 e. The van der Waals surface area contributed by atoms with E-state index in [4.69, 9.17) is 0 Å². The van der Waals surface area contributed by atoms with E-state index in [1.54, 1.807) is 17.0 Å². The zero-order valence-corrected chi connectivity index (χ0v) is 16.4. The number of likely N-dealkylation sites (N-methyl/N-ethyl adjacent to an activating group) is 1. The van der Waals surface area contributed by atoms with E-state index in [1.165, 1.54) is 17.3 Å². The Morgan fingerprint density at radius 2 is 1.88 bits per heavy atom. The highest BCUT2D eigenvalue weighted by Crippen LogP contribution is 2.20. The third-order valence-corrected chi connectivity index (χ3v) is 5.04. The van der Waals surface area contributed by atoms with Crippen LogP contribution in [0.25, 0.3) is 0 Å². The number of aryl methyl sites for hydroxylation is 1. The lowest BCUT2D eigenvalue weighted by molar-refractivity contribution is -0.136. The average Bonchev–Trinajstić information content (AvgIpc) is 3.06. The highest BCUT2D eigenvalue weighted by molar-refractivity contribution is 7.99. The summed E-state index contributed by atoms with van der Waals surface area (Å²) < 4.78 is 0. The number of nitrogens with one attached hydrogen (secondary N) is 2. The van der Waals surface area contributed by atoms with E-state index in [0.29, 0.717) is 30.8 Å². The van der Waals surface area contributed by atoms with Gasteiger partial charge in [-0.15, -0.1) is 0 Å². The van der Waals surface area contributed by atoms with Gasteiger partial charge in [0.25, 0.3) is 5.91 Å². The molecule has 1 aromatic carbocycles. The van der Waals surface area contributed by atoms with Crippen molar-refractivity contribution in [2.75, 3.05) is 25.1 Å². The minimum atomic E-state index is -0.526. The molecule has 0 spiro atoms. The van der Waals surface area contributed by atoms with Crippen LogP contribution in [0.5, 0.6) is 0 Å². The number of nitrogens with zero attached hydrogens (tertiary/aromatic N) is 1. The van der Waals surface area contributed by atoms with Crippen molar-refractivity contribution in [1.29, 1.82) is 0 Å². The van der Waals surface area contributed by atoms with Crippen molar-refractivity contribution in [3.63, 3.8) is 0 Å². The quantitative estimate of drug-likeness (QED) is 0.754. The zero-order chi connectivity index (χ0) is 19.1. The Hall–Kier alpha value is -2.02. The van der Waals surface area contributed by atoms with Gasteiger partial charge >= 0.3 is 0 Å². The van der Waals surface area contributed by atoms with Gasteiger partial charge in [0.15, 0.2) is 0 Å². The van der Waals surface area contributed by atoms with E-state index in [1.807, 2.05) is 25.3 Å². The van der Waals surface area contributed by atoms with Gasteiger partial charge in [0.2, 0.25) is 11.8 Å². The van der Waals surface area contributed by atoms with Crippen LogP contribution in [0.3, 0.4) is 0 Å². The number of benzene rings is 1. The molecule has 1 saturated heterocycles. The molecule has 26 heavy (non-hydrogen) atoms. The number of carbonyl (C=O) groups is 3. The standard InChI is InChI=1S/C19H27N3O3S/c1-4-13-6-8-14(9-7-13)18(24)21-15-10-16(19(25)20-5-2)22(11-15)17(23)12-26-3/h6-9,15-16H,4-5,10-12H2,1-3H3,(H,20,25)(H,21,24). The van der Waals surface area contributed by atoms with Gasteiger partial charge in [0.1, 0.15) is 6.04 Å². The Labute approximate surface area is 159 Å². The molecule has 7 heteroatoms. The molecule has 142 valence electrons. The zero-order valence-electron chi connectivity index (χ0n) is 15.6. The SMILES string of the molecule is CCNC(=O)C1CC(NC(=O)c2ccc(CC)cc2)CN1C(=O)CSC. The molecule has 3 amide bonds. The molecule has 1 aliphatic rings. The number of amides is 3. The summed E-state index contributed by atoms with van der Waals surface area (Å²) in [7, 11) is 0. The Morgan fingerprint density at radius 3 is 2.46 bits per heavy atom. The smallest absolute Gasteiger partial charge is 0.251 e. The van der Waals surface area contributed by atoms with Crippen LogP contribution in [-0.4, -0.2) is 59.8 Å². The molecular formula is C19H27N3O3S. The lowest BCUT2D eigenvalue weighted by atomic mass is 10.1. The minimum Gasteiger partial charge on any atom is -0.355 e. The summed E-state index contributed by atoms with van der Waals surface area (Å²) >= 11 is 1.43. The Bertz CT molecular complexity index is 622. The molecule has 1 aromatic rings. The summed E-state index contributed by atoms with van der Waals surface area (Å²) in [5.74, 6) is -0.0787. The molecule has 2 rings (SSSR count). The largest absolute Gasteiger partial charge is 0.355 e. The second kappa shape index (κ2) is 9.62. The van der Waals surface area contributed by atoms with Crippen LogP contribution in [0.1, 0.15) is 36.2 Å². The van der Waals surface area contributed by atoms with Crippen molar-refractivity contribution in [3.05, 3.63) is 35.4 Å². The van der Waals surface area contributed by atoms with Crippen molar-refractivity contribution in [1.82, 2.24) is 15.5 Å². The number of thioether (sulfide) groups is 1. The molecular weight excluding hydrogens is 350 g/mol. The Morgan fingerprint density at radius 1 is 1.19 bits per heavy atom. The molecule has 0 aromatic heterocycles. The van der Waals surface area contributed by atoms with Crippen LogP contribution < -0.4 is 10.6 Å². The first kappa shape index (κ1) is 20.3. The normalized spacial score (nSPS) is 19.3. The highest BCUT2D eigenvalue weighted by atomic mass is 32.2. The molecule has 0 radical (unpaired) electrons. The maximum absolute atomic E-state index is 12.5. The predicted molar refractivity (Wildman–Crippen MR) is 104 cm³/mol. The molecule has 0 aliphatic carbocycles. The molecule has 2 unspecified atom stereocenters. The van der Waals surface area contributed by atoms with Crippen LogP contribution in [0.15, 0.2) is 24.3 Å². The molecule has 1 heterocycles. The maximum atomic E-state index is 12.5. The fourth-order valence-corrected chi connectivity index (χ4v) is 3.54. The molecule has 0 saturated carbocycles. The molecule has 1 fully saturated rings. The minimum absolute atomic E-state index is 0.0715. The summed E-state index contributed by atoms with van der Waals surface area (Å²) in [4.78, 5) is 38.7. The van der Waals surface area contributed by atoms with Crippen molar-refractivity contribution in [2.45, 2.75) is 38.8 Å². The number of likely N-dealkylation sites (tertiary alicyclic amines) is 1. The fourth-order valence-electron chi connectivity index (χ4n) is 3.12. The van der Waals surface area contributed by atoms with Crippen LogP contribution in [0.2, 0.25) is 0 Å². The number of carbonyl (C=O) groups excluding carboxylic acids is 3. The first-order valence-electron chi connectivity index (χ1n) is 8.96. The monoisotopic (exact) mass is 377 g/mol. The third kappa shape index (κ3) is 5.00. The van der Waals surface area contributed by atoms with Crippen molar-refractivity contribution >= 4 is 29.5 Å². The van der Waals surface area contributed by atoms with E-state index >= 15 is 0 Å². The number of hydrogen-bond acceptors (Lipinski definition) is 4. The van der Waals surface area contributed by atoms with E-state index in [9.17, 15) is 14.4 Å². The van der Waals surface area contributed by atoms with Gasteiger partial charge in [-0.3, -0.25) is 14.4 Å².